The second kappa shape index (κ2) is 15.9. The third-order valence-electron chi connectivity index (χ3n) is 11.5. The van der Waals surface area contributed by atoms with Gasteiger partial charge in [0.1, 0.15) is 39.7 Å². The average Bonchev–Trinajstić information content (AvgIpc) is 4.01. The number of ketones is 1. The van der Waals surface area contributed by atoms with E-state index in [-0.39, 0.29) is 0 Å². The van der Waals surface area contributed by atoms with Gasteiger partial charge in [-0.1, -0.05) is 26.0 Å². The Hall–Kier alpha value is -4.91. The standard InChI is InChI=1S/C25H28N4OS.C19H19N5S/c1-15(2)9-20(30)7-3-16-4-8-21-22(10-16)31-25-23(21)24(27-14-28-25)29-19-6-5-17-12-26-13-18(17)11-19;20-7-11-1-4-15-16(5-11)25-19-17(15)18(22-10-23-19)24-14-3-2-12-8-21-9-13(12)6-14/h5-6,11,13-16H,3-4,7-10,12H2,1-2H3,(H,27,28,29);2-3,6,9-11H,1,4-5,7-8,20H2,(H,22,23,24). The second-order valence-electron chi connectivity index (χ2n) is 16.0. The Labute approximate surface area is 335 Å². The lowest BCUT2D eigenvalue weighted by atomic mass is 9.84. The molecule has 0 bridgehead atoms. The third kappa shape index (κ3) is 7.62. The Morgan fingerprint density at radius 3 is 1.84 bits per heavy atom. The molecule has 0 spiro atoms. The zero-order chi connectivity index (χ0) is 38.2. The highest BCUT2D eigenvalue weighted by molar-refractivity contribution is 7.19. The SMILES string of the molecule is CC(C)CC(=O)CCC1CCc2c(sc3ncnc(Nc4ccc5c(c4)C=NC5)c23)C1.NCC1CCc2c(sc3ncnc(Nc4ccc5c(c4)C=NC5)c23)C1. The Kier molecular flexibility index (Phi) is 10.4. The van der Waals surface area contributed by atoms with Gasteiger partial charge in [-0.15, -0.1) is 22.7 Å². The topological polar surface area (TPSA) is 143 Å². The van der Waals surface area contributed by atoms with E-state index in [1.165, 1.54) is 53.9 Å². The first-order valence-corrected chi connectivity index (χ1v) is 21.5. The number of carbonyl (C=O) groups is 1. The number of nitrogens with zero attached hydrogens (tertiary/aromatic N) is 6. The number of benzene rings is 2. The summed E-state index contributed by atoms with van der Waals surface area (Å²) in [7, 11) is 0. The van der Waals surface area contributed by atoms with Crippen LogP contribution in [0, 0.1) is 17.8 Å². The molecule has 10 nitrogen and oxygen atoms in total. The predicted octanol–water partition coefficient (Wildman–Crippen LogP) is 9.30. The Balaban J connectivity index is 0.000000149. The summed E-state index contributed by atoms with van der Waals surface area (Å²) >= 11 is 3.59. The number of thiophene rings is 2. The number of carbonyl (C=O) groups excluding carboxylic acids is 1. The van der Waals surface area contributed by atoms with Crippen molar-refractivity contribution in [2.45, 2.75) is 84.7 Å². The van der Waals surface area contributed by atoms with E-state index in [4.69, 9.17) is 5.73 Å². The van der Waals surface area contributed by atoms with Gasteiger partial charge in [0.25, 0.3) is 0 Å². The molecule has 4 aromatic heterocycles. The molecule has 4 N–H and O–H groups in total. The first-order chi connectivity index (χ1) is 27.4. The minimum Gasteiger partial charge on any atom is -0.340 e. The molecule has 10 rings (SSSR count). The first kappa shape index (κ1) is 36.7. The van der Waals surface area contributed by atoms with Crippen molar-refractivity contribution in [3.05, 3.63) is 92.2 Å². The molecule has 2 aromatic carbocycles. The highest BCUT2D eigenvalue weighted by Gasteiger charge is 2.27. The Morgan fingerprint density at radius 1 is 0.768 bits per heavy atom. The van der Waals surface area contributed by atoms with Gasteiger partial charge in [-0.2, -0.15) is 0 Å². The van der Waals surface area contributed by atoms with E-state index in [0.29, 0.717) is 30.0 Å². The lowest BCUT2D eigenvalue weighted by Crippen LogP contribution is -2.21. The molecule has 286 valence electrons. The monoisotopic (exact) mass is 781 g/mol. The van der Waals surface area contributed by atoms with E-state index in [2.05, 4.69) is 90.8 Å². The number of aromatic nitrogens is 4. The number of nitrogens with one attached hydrogen (secondary N) is 2. The van der Waals surface area contributed by atoms with Crippen LogP contribution >= 0.6 is 22.7 Å². The lowest BCUT2D eigenvalue weighted by molar-refractivity contribution is -0.120. The zero-order valence-corrected chi connectivity index (χ0v) is 33.6. The summed E-state index contributed by atoms with van der Waals surface area (Å²) in [5.41, 5.74) is 15.7. The van der Waals surface area contributed by atoms with Crippen molar-refractivity contribution in [2.75, 3.05) is 17.2 Å². The molecule has 0 saturated carbocycles. The maximum absolute atomic E-state index is 12.1. The van der Waals surface area contributed by atoms with Crippen LogP contribution in [0.3, 0.4) is 0 Å². The summed E-state index contributed by atoms with van der Waals surface area (Å²) in [6.45, 7) is 6.56. The molecule has 6 aromatic rings. The van der Waals surface area contributed by atoms with E-state index in [1.54, 1.807) is 35.3 Å². The number of aliphatic imine (C=N–C) groups is 2. The van der Waals surface area contributed by atoms with Crippen molar-refractivity contribution < 1.29 is 4.79 Å². The Bertz CT molecular complexity index is 2500. The summed E-state index contributed by atoms with van der Waals surface area (Å²) in [4.78, 5) is 44.0. The summed E-state index contributed by atoms with van der Waals surface area (Å²) in [6, 6.07) is 12.8. The van der Waals surface area contributed by atoms with Crippen LogP contribution in [0.5, 0.6) is 0 Å². The van der Waals surface area contributed by atoms with Crippen molar-refractivity contribution in [1.82, 2.24) is 19.9 Å². The van der Waals surface area contributed by atoms with Crippen molar-refractivity contribution >= 4 is 84.3 Å². The van der Waals surface area contributed by atoms with Gasteiger partial charge in [0, 0.05) is 46.4 Å². The molecule has 2 unspecified atom stereocenters. The minimum atomic E-state index is 0.411. The maximum atomic E-state index is 12.1. The molecule has 0 radical (unpaired) electrons. The van der Waals surface area contributed by atoms with Gasteiger partial charge in [0.2, 0.25) is 0 Å². The van der Waals surface area contributed by atoms with E-state index in [1.807, 2.05) is 12.4 Å². The number of hydrogen-bond donors (Lipinski definition) is 3. The molecule has 2 aliphatic carbocycles. The fraction of sp³-hybridized carbons (Fsp3) is 0.386. The molecule has 0 fully saturated rings. The normalized spacial score (nSPS) is 17.7. The third-order valence-corrected chi connectivity index (χ3v) is 13.8. The number of hydrogen-bond acceptors (Lipinski definition) is 12. The Morgan fingerprint density at radius 2 is 1.30 bits per heavy atom. The van der Waals surface area contributed by atoms with Crippen LogP contribution in [0.4, 0.5) is 23.0 Å². The van der Waals surface area contributed by atoms with Crippen LogP contribution in [0.2, 0.25) is 0 Å². The molecule has 0 saturated heterocycles. The van der Waals surface area contributed by atoms with Crippen LogP contribution in [-0.4, -0.2) is 44.7 Å². The summed E-state index contributed by atoms with van der Waals surface area (Å²) in [6.07, 6.45) is 16.1. The molecule has 0 amide bonds. The maximum Gasteiger partial charge on any atom is 0.142 e. The summed E-state index contributed by atoms with van der Waals surface area (Å²) in [5, 5.41) is 9.40. The number of anilines is 4. The summed E-state index contributed by atoms with van der Waals surface area (Å²) < 4.78 is 0. The first-order valence-electron chi connectivity index (χ1n) is 19.9. The van der Waals surface area contributed by atoms with E-state index in [9.17, 15) is 4.79 Å². The van der Waals surface area contributed by atoms with Crippen molar-refractivity contribution in [3.8, 4) is 0 Å². The molecule has 2 aliphatic heterocycles. The molecule has 6 heterocycles. The van der Waals surface area contributed by atoms with Gasteiger partial charge in [0.15, 0.2) is 0 Å². The van der Waals surface area contributed by atoms with Gasteiger partial charge >= 0.3 is 0 Å². The number of Topliss-reactive ketones (excluding diaryl/α,β-unsaturated/α-hetero) is 1. The number of nitrogens with two attached hydrogens (primary N) is 1. The van der Waals surface area contributed by atoms with Crippen molar-refractivity contribution in [2.24, 2.45) is 33.5 Å². The van der Waals surface area contributed by atoms with Gasteiger partial charge < -0.3 is 16.4 Å². The van der Waals surface area contributed by atoms with Crippen molar-refractivity contribution in [1.29, 1.82) is 0 Å². The van der Waals surface area contributed by atoms with Crippen LogP contribution in [-0.2, 0) is 43.6 Å². The van der Waals surface area contributed by atoms with E-state index >= 15 is 0 Å². The van der Waals surface area contributed by atoms with Gasteiger partial charge in [-0.25, -0.2) is 19.9 Å². The fourth-order valence-corrected chi connectivity index (χ4v) is 11.2. The molecular weight excluding hydrogens is 735 g/mol. The number of aryl methyl sites for hydroxylation is 2. The van der Waals surface area contributed by atoms with Crippen LogP contribution in [0.1, 0.15) is 89.1 Å². The highest BCUT2D eigenvalue weighted by Crippen LogP contribution is 2.42. The predicted molar refractivity (Wildman–Crippen MR) is 231 cm³/mol. The molecule has 56 heavy (non-hydrogen) atoms. The lowest BCUT2D eigenvalue weighted by Gasteiger charge is -2.22. The van der Waals surface area contributed by atoms with Crippen LogP contribution in [0.25, 0.3) is 20.4 Å². The van der Waals surface area contributed by atoms with E-state index in [0.717, 1.165) is 104 Å². The summed E-state index contributed by atoms with van der Waals surface area (Å²) in [5.74, 6) is 3.86. The van der Waals surface area contributed by atoms with Crippen LogP contribution in [0.15, 0.2) is 59.0 Å². The molecular formula is C44H47N9OS2. The van der Waals surface area contributed by atoms with Gasteiger partial charge in [-0.05, 0) is 127 Å². The van der Waals surface area contributed by atoms with Crippen molar-refractivity contribution in [3.63, 3.8) is 0 Å². The number of fused-ring (bicyclic) bond motifs is 8. The van der Waals surface area contributed by atoms with Gasteiger partial charge in [0.05, 0.1) is 23.9 Å². The quantitative estimate of drug-likeness (QED) is 0.125. The smallest absolute Gasteiger partial charge is 0.142 e. The largest absolute Gasteiger partial charge is 0.340 e. The highest BCUT2D eigenvalue weighted by atomic mass is 32.1. The molecule has 12 heteroatoms. The van der Waals surface area contributed by atoms with Gasteiger partial charge in [-0.3, -0.25) is 14.8 Å². The van der Waals surface area contributed by atoms with E-state index < -0.39 is 0 Å². The minimum absolute atomic E-state index is 0.411. The average molecular weight is 782 g/mol. The number of rotatable bonds is 10. The van der Waals surface area contributed by atoms with Crippen LogP contribution < -0.4 is 16.4 Å². The second-order valence-corrected chi connectivity index (χ2v) is 18.1. The molecule has 2 atom stereocenters. The zero-order valence-electron chi connectivity index (χ0n) is 32.0. The molecule has 4 aliphatic rings. The fourth-order valence-electron chi connectivity index (χ4n) is 8.55.